The van der Waals surface area contributed by atoms with E-state index in [0.29, 0.717) is 6.42 Å². The summed E-state index contributed by atoms with van der Waals surface area (Å²) in [5, 5.41) is 2.87. The van der Waals surface area contributed by atoms with Gasteiger partial charge in [0.2, 0.25) is 5.91 Å². The fourth-order valence-electron chi connectivity index (χ4n) is 2.40. The minimum Gasteiger partial charge on any atom is -0.357 e. The van der Waals surface area contributed by atoms with Crippen LogP contribution in [0.25, 0.3) is 0 Å². The molecular weight excluding hydrogens is 238 g/mol. The topological polar surface area (TPSA) is 45.2 Å². The Morgan fingerprint density at radius 3 is 2.58 bits per heavy atom. The van der Waals surface area contributed by atoms with E-state index in [2.05, 4.69) is 15.2 Å². The molecule has 1 fully saturated rings. The normalized spacial score (nSPS) is 15.9. The predicted molar refractivity (Wildman–Crippen MR) is 78.5 cm³/mol. The van der Waals surface area contributed by atoms with Gasteiger partial charge in [0.15, 0.2) is 0 Å². The SMILES string of the molecule is CCCC(=O)Nc1ccc(N2CCCCCC2)nc1. The van der Waals surface area contributed by atoms with E-state index in [1.54, 1.807) is 6.20 Å². The van der Waals surface area contributed by atoms with Gasteiger partial charge in [-0.25, -0.2) is 4.98 Å². The first-order valence-corrected chi connectivity index (χ1v) is 7.30. The molecule has 4 nitrogen and oxygen atoms in total. The molecule has 0 aliphatic carbocycles. The molecule has 1 saturated heterocycles. The van der Waals surface area contributed by atoms with E-state index in [0.717, 1.165) is 31.0 Å². The Bertz CT molecular complexity index is 394. The molecule has 1 N–H and O–H groups in total. The second-order valence-electron chi connectivity index (χ2n) is 5.10. The maximum absolute atomic E-state index is 11.5. The lowest BCUT2D eigenvalue weighted by atomic mass is 10.2. The fourth-order valence-corrected chi connectivity index (χ4v) is 2.40. The van der Waals surface area contributed by atoms with Crippen LogP contribution in [0, 0.1) is 0 Å². The number of hydrogen-bond donors (Lipinski definition) is 1. The second kappa shape index (κ2) is 7.12. The number of anilines is 2. The quantitative estimate of drug-likeness (QED) is 0.905. The van der Waals surface area contributed by atoms with Gasteiger partial charge in [-0.1, -0.05) is 19.8 Å². The van der Waals surface area contributed by atoms with E-state index in [4.69, 9.17) is 0 Å². The molecule has 1 amide bonds. The summed E-state index contributed by atoms with van der Waals surface area (Å²) >= 11 is 0. The molecule has 104 valence electrons. The molecule has 0 spiro atoms. The second-order valence-corrected chi connectivity index (χ2v) is 5.10. The molecule has 0 bridgehead atoms. The third kappa shape index (κ3) is 4.23. The molecular formula is C15H23N3O. The minimum absolute atomic E-state index is 0.0619. The molecule has 1 aromatic rings. The number of rotatable bonds is 4. The Morgan fingerprint density at radius 2 is 2.00 bits per heavy atom. The van der Waals surface area contributed by atoms with Crippen LogP contribution in [0.4, 0.5) is 11.5 Å². The summed E-state index contributed by atoms with van der Waals surface area (Å²) in [5.74, 6) is 1.09. The largest absolute Gasteiger partial charge is 0.357 e. The third-order valence-corrected chi connectivity index (χ3v) is 3.44. The first-order chi connectivity index (χ1) is 9.29. The van der Waals surface area contributed by atoms with Crippen molar-refractivity contribution in [3.05, 3.63) is 18.3 Å². The third-order valence-electron chi connectivity index (χ3n) is 3.44. The highest BCUT2D eigenvalue weighted by Gasteiger charge is 2.11. The molecule has 19 heavy (non-hydrogen) atoms. The van der Waals surface area contributed by atoms with Crippen molar-refractivity contribution in [1.82, 2.24) is 4.98 Å². The van der Waals surface area contributed by atoms with Gasteiger partial charge in [-0.2, -0.15) is 0 Å². The van der Waals surface area contributed by atoms with Gasteiger partial charge in [0.25, 0.3) is 0 Å². The summed E-state index contributed by atoms with van der Waals surface area (Å²) in [6.45, 7) is 4.18. The molecule has 0 atom stereocenters. The first-order valence-electron chi connectivity index (χ1n) is 7.30. The molecule has 1 aliphatic rings. The van der Waals surface area contributed by atoms with Gasteiger partial charge in [-0.15, -0.1) is 0 Å². The number of nitrogens with zero attached hydrogens (tertiary/aromatic N) is 2. The van der Waals surface area contributed by atoms with Crippen molar-refractivity contribution in [3.8, 4) is 0 Å². The standard InChI is InChI=1S/C15H23N3O/c1-2-7-15(19)17-13-8-9-14(16-12-13)18-10-5-3-4-6-11-18/h8-9,12H,2-7,10-11H2,1H3,(H,17,19). The van der Waals surface area contributed by atoms with E-state index in [9.17, 15) is 4.79 Å². The molecule has 2 heterocycles. The molecule has 2 rings (SSSR count). The first kappa shape index (κ1) is 13.8. The highest BCUT2D eigenvalue weighted by atomic mass is 16.1. The zero-order chi connectivity index (χ0) is 13.5. The Hall–Kier alpha value is -1.58. The molecule has 1 aliphatic heterocycles. The Morgan fingerprint density at radius 1 is 1.26 bits per heavy atom. The monoisotopic (exact) mass is 261 g/mol. The zero-order valence-electron chi connectivity index (χ0n) is 11.7. The highest BCUT2D eigenvalue weighted by Crippen LogP contribution is 2.18. The van der Waals surface area contributed by atoms with E-state index in [1.807, 2.05) is 19.1 Å². The van der Waals surface area contributed by atoms with Crippen LogP contribution in [0.2, 0.25) is 0 Å². The molecule has 0 saturated carbocycles. The van der Waals surface area contributed by atoms with Crippen LogP contribution >= 0.6 is 0 Å². The van der Waals surface area contributed by atoms with E-state index in [-0.39, 0.29) is 5.91 Å². The molecule has 1 aromatic heterocycles. The summed E-state index contributed by atoms with van der Waals surface area (Å²) in [5.41, 5.74) is 0.789. The van der Waals surface area contributed by atoms with Crippen molar-refractivity contribution in [3.63, 3.8) is 0 Å². The van der Waals surface area contributed by atoms with E-state index >= 15 is 0 Å². The average Bonchev–Trinajstić information content (AvgIpc) is 2.69. The Labute approximate surface area is 115 Å². The maximum Gasteiger partial charge on any atom is 0.224 e. The number of hydrogen-bond acceptors (Lipinski definition) is 3. The lowest BCUT2D eigenvalue weighted by Gasteiger charge is -2.21. The van der Waals surface area contributed by atoms with Crippen LogP contribution in [-0.4, -0.2) is 24.0 Å². The zero-order valence-corrected chi connectivity index (χ0v) is 11.7. The number of carbonyl (C=O) groups is 1. The highest BCUT2D eigenvalue weighted by molar-refractivity contribution is 5.90. The van der Waals surface area contributed by atoms with E-state index in [1.165, 1.54) is 25.7 Å². The Kier molecular flexibility index (Phi) is 5.19. The van der Waals surface area contributed by atoms with Gasteiger partial charge in [0.05, 0.1) is 11.9 Å². The van der Waals surface area contributed by atoms with Crippen LogP contribution in [0.5, 0.6) is 0 Å². The Balaban J connectivity index is 1.95. The van der Waals surface area contributed by atoms with Gasteiger partial charge in [-0.05, 0) is 31.4 Å². The molecule has 4 heteroatoms. The molecule has 0 unspecified atom stereocenters. The van der Waals surface area contributed by atoms with E-state index < -0.39 is 0 Å². The van der Waals surface area contributed by atoms with Gasteiger partial charge in [0, 0.05) is 19.5 Å². The molecule has 0 aromatic carbocycles. The smallest absolute Gasteiger partial charge is 0.224 e. The predicted octanol–water partition coefficient (Wildman–Crippen LogP) is 3.20. The minimum atomic E-state index is 0.0619. The summed E-state index contributed by atoms with van der Waals surface area (Å²) in [7, 11) is 0. The van der Waals surface area contributed by atoms with Crippen molar-refractivity contribution in [2.45, 2.75) is 45.4 Å². The number of pyridine rings is 1. The van der Waals surface area contributed by atoms with Crippen molar-refractivity contribution >= 4 is 17.4 Å². The maximum atomic E-state index is 11.5. The molecule has 0 radical (unpaired) electrons. The van der Waals surface area contributed by atoms with Crippen molar-refractivity contribution < 1.29 is 4.79 Å². The van der Waals surface area contributed by atoms with Crippen molar-refractivity contribution in [2.24, 2.45) is 0 Å². The van der Waals surface area contributed by atoms with Gasteiger partial charge in [-0.3, -0.25) is 4.79 Å². The summed E-state index contributed by atoms with van der Waals surface area (Å²) in [6, 6.07) is 3.95. The summed E-state index contributed by atoms with van der Waals surface area (Å²) in [6.07, 6.45) is 8.32. The van der Waals surface area contributed by atoms with Crippen molar-refractivity contribution in [1.29, 1.82) is 0 Å². The van der Waals surface area contributed by atoms with Crippen LogP contribution in [0.1, 0.15) is 45.4 Å². The van der Waals surface area contributed by atoms with Crippen LogP contribution < -0.4 is 10.2 Å². The van der Waals surface area contributed by atoms with Gasteiger partial charge < -0.3 is 10.2 Å². The van der Waals surface area contributed by atoms with Crippen molar-refractivity contribution in [2.75, 3.05) is 23.3 Å². The summed E-state index contributed by atoms with van der Waals surface area (Å²) in [4.78, 5) is 18.3. The fraction of sp³-hybridized carbons (Fsp3) is 0.600. The summed E-state index contributed by atoms with van der Waals surface area (Å²) < 4.78 is 0. The number of nitrogens with one attached hydrogen (secondary N) is 1. The lowest BCUT2D eigenvalue weighted by molar-refractivity contribution is -0.116. The van der Waals surface area contributed by atoms with Gasteiger partial charge in [0.1, 0.15) is 5.82 Å². The van der Waals surface area contributed by atoms with Crippen LogP contribution in [0.15, 0.2) is 18.3 Å². The number of aromatic nitrogens is 1. The van der Waals surface area contributed by atoms with Gasteiger partial charge >= 0.3 is 0 Å². The van der Waals surface area contributed by atoms with Crippen LogP contribution in [-0.2, 0) is 4.79 Å². The number of carbonyl (C=O) groups excluding carboxylic acids is 1. The lowest BCUT2D eigenvalue weighted by Crippen LogP contribution is -2.24. The van der Waals surface area contributed by atoms with Crippen LogP contribution in [0.3, 0.4) is 0 Å². The average molecular weight is 261 g/mol. The number of amides is 1.